The van der Waals surface area contributed by atoms with E-state index in [-0.39, 0.29) is 0 Å². The van der Waals surface area contributed by atoms with Gasteiger partial charge in [-0.25, -0.2) is 8.42 Å². The molecule has 1 heterocycles. The van der Waals surface area contributed by atoms with E-state index < -0.39 is 15.1 Å². The van der Waals surface area contributed by atoms with Crippen LogP contribution in [0.2, 0.25) is 0 Å². The van der Waals surface area contributed by atoms with E-state index in [1.807, 2.05) is 66.9 Å². The van der Waals surface area contributed by atoms with Gasteiger partial charge in [-0.05, 0) is 42.2 Å². The topological polar surface area (TPSA) is 49.9 Å². The van der Waals surface area contributed by atoms with Gasteiger partial charge in [-0.1, -0.05) is 66.7 Å². The van der Waals surface area contributed by atoms with Gasteiger partial charge < -0.3 is 4.98 Å². The third-order valence-corrected chi connectivity index (χ3v) is 7.12. The van der Waals surface area contributed by atoms with Crippen LogP contribution in [0, 0.1) is 0 Å². The van der Waals surface area contributed by atoms with Crippen LogP contribution in [0.15, 0.2) is 96.0 Å². The Bertz CT molecular complexity index is 1130. The number of benzene rings is 3. The molecule has 1 N–H and O–H groups in total. The minimum atomic E-state index is -3.51. The van der Waals surface area contributed by atoms with Crippen LogP contribution in [0.25, 0.3) is 10.9 Å². The Kier molecular flexibility index (Phi) is 4.82. The summed E-state index contributed by atoms with van der Waals surface area (Å²) in [5.74, 6) is 0. The number of hydrogen-bond donors (Lipinski definition) is 1. The summed E-state index contributed by atoms with van der Waals surface area (Å²) in [6.07, 6.45) is 3.08. The van der Waals surface area contributed by atoms with Crippen LogP contribution >= 0.6 is 0 Å². The van der Waals surface area contributed by atoms with E-state index in [2.05, 4.69) is 4.98 Å². The number of fused-ring (bicyclic) bond motifs is 1. The first kappa shape index (κ1) is 17.6. The maximum Gasteiger partial charge on any atom is 0.185 e. The van der Waals surface area contributed by atoms with Gasteiger partial charge in [-0.2, -0.15) is 0 Å². The summed E-state index contributed by atoms with van der Waals surface area (Å²) in [5, 5.41) is 0.367. The third kappa shape index (κ3) is 3.53. The molecule has 0 aliphatic carbocycles. The molecule has 4 aromatic rings. The zero-order valence-electron chi connectivity index (χ0n) is 14.9. The summed E-state index contributed by atoms with van der Waals surface area (Å²) >= 11 is 0. The molecule has 27 heavy (non-hydrogen) atoms. The molecule has 0 spiro atoms. The molecule has 0 bridgehead atoms. The maximum atomic E-state index is 13.5. The van der Waals surface area contributed by atoms with Crippen molar-refractivity contribution >= 4 is 20.7 Å². The lowest BCUT2D eigenvalue weighted by Gasteiger charge is -2.18. The quantitative estimate of drug-likeness (QED) is 0.496. The minimum absolute atomic E-state index is 0.369. The molecule has 1 atom stereocenters. The monoisotopic (exact) mass is 375 g/mol. The van der Waals surface area contributed by atoms with Gasteiger partial charge in [0.25, 0.3) is 0 Å². The van der Waals surface area contributed by atoms with Gasteiger partial charge >= 0.3 is 0 Å². The molecular formula is C23H21NO2S. The SMILES string of the molecule is O=S(=O)(c1ccccc1)C(CCc1ccccc1)c1c[nH]c2ccccc12. The Labute approximate surface area is 159 Å². The summed E-state index contributed by atoms with van der Waals surface area (Å²) in [6.45, 7) is 0. The van der Waals surface area contributed by atoms with Crippen LogP contribution in [0.3, 0.4) is 0 Å². The average Bonchev–Trinajstić information content (AvgIpc) is 3.13. The highest BCUT2D eigenvalue weighted by Crippen LogP contribution is 2.36. The summed E-state index contributed by atoms with van der Waals surface area (Å²) in [7, 11) is -3.51. The van der Waals surface area contributed by atoms with Crippen molar-refractivity contribution in [2.75, 3.05) is 0 Å². The van der Waals surface area contributed by atoms with Crippen molar-refractivity contribution in [2.24, 2.45) is 0 Å². The maximum absolute atomic E-state index is 13.5. The summed E-state index contributed by atoms with van der Waals surface area (Å²) in [5.41, 5.74) is 2.94. The summed E-state index contributed by atoms with van der Waals surface area (Å²) < 4.78 is 27.0. The molecule has 3 aromatic carbocycles. The van der Waals surface area contributed by atoms with Crippen molar-refractivity contribution in [3.8, 4) is 0 Å². The fourth-order valence-corrected chi connectivity index (χ4v) is 5.38. The molecule has 0 saturated carbocycles. The van der Waals surface area contributed by atoms with E-state index in [9.17, 15) is 8.42 Å². The number of aromatic amines is 1. The Balaban J connectivity index is 1.78. The number of rotatable bonds is 6. The molecule has 0 radical (unpaired) electrons. The molecule has 1 unspecified atom stereocenters. The van der Waals surface area contributed by atoms with Crippen molar-refractivity contribution in [3.05, 3.63) is 102 Å². The molecule has 0 amide bonds. The van der Waals surface area contributed by atoms with Crippen LogP contribution < -0.4 is 0 Å². The molecule has 0 aliphatic heterocycles. The van der Waals surface area contributed by atoms with E-state index in [0.717, 1.165) is 22.0 Å². The van der Waals surface area contributed by atoms with Gasteiger partial charge in [0.1, 0.15) is 0 Å². The highest BCUT2D eigenvalue weighted by atomic mass is 32.2. The van der Waals surface area contributed by atoms with Crippen molar-refractivity contribution < 1.29 is 8.42 Å². The van der Waals surface area contributed by atoms with E-state index in [0.29, 0.717) is 17.7 Å². The van der Waals surface area contributed by atoms with Gasteiger partial charge in [-0.15, -0.1) is 0 Å². The number of sulfone groups is 1. The molecule has 3 nitrogen and oxygen atoms in total. The first-order chi connectivity index (χ1) is 13.2. The number of aryl methyl sites for hydroxylation is 1. The zero-order valence-corrected chi connectivity index (χ0v) is 15.7. The first-order valence-corrected chi connectivity index (χ1v) is 10.6. The largest absolute Gasteiger partial charge is 0.361 e. The van der Waals surface area contributed by atoms with E-state index in [1.54, 1.807) is 24.3 Å². The fraction of sp³-hybridized carbons (Fsp3) is 0.130. The molecule has 0 fully saturated rings. The Morgan fingerprint density at radius 1 is 0.778 bits per heavy atom. The van der Waals surface area contributed by atoms with Crippen LogP contribution in [0.5, 0.6) is 0 Å². The molecular weight excluding hydrogens is 354 g/mol. The highest BCUT2D eigenvalue weighted by molar-refractivity contribution is 7.91. The highest BCUT2D eigenvalue weighted by Gasteiger charge is 2.30. The van der Waals surface area contributed by atoms with Crippen molar-refractivity contribution in [3.63, 3.8) is 0 Å². The second kappa shape index (κ2) is 7.41. The second-order valence-corrected chi connectivity index (χ2v) is 8.79. The standard InChI is InChI=1S/C23H21NO2S/c25-27(26,19-11-5-2-6-12-19)23(16-15-18-9-3-1-4-10-18)21-17-24-22-14-8-7-13-20(21)22/h1-14,17,23-24H,15-16H2. The smallest absolute Gasteiger partial charge is 0.185 e. The molecule has 0 saturated heterocycles. The first-order valence-electron chi connectivity index (χ1n) is 9.05. The summed E-state index contributed by atoms with van der Waals surface area (Å²) in [6, 6.07) is 26.6. The van der Waals surface area contributed by atoms with Gasteiger partial charge in [-0.3, -0.25) is 0 Å². The lowest BCUT2D eigenvalue weighted by molar-refractivity contribution is 0.575. The molecule has 4 rings (SSSR count). The molecule has 1 aromatic heterocycles. The zero-order chi connectivity index (χ0) is 18.7. The number of para-hydroxylation sites is 1. The number of hydrogen-bond acceptors (Lipinski definition) is 2. The van der Waals surface area contributed by atoms with Gasteiger partial charge in [0.05, 0.1) is 10.1 Å². The van der Waals surface area contributed by atoms with Crippen LogP contribution in [-0.2, 0) is 16.3 Å². The Hall–Kier alpha value is -2.85. The Morgan fingerprint density at radius 3 is 2.15 bits per heavy atom. The molecule has 4 heteroatoms. The predicted molar refractivity (Wildman–Crippen MR) is 109 cm³/mol. The molecule has 0 aliphatic rings. The van der Waals surface area contributed by atoms with Crippen LogP contribution in [0.4, 0.5) is 0 Å². The van der Waals surface area contributed by atoms with E-state index >= 15 is 0 Å². The molecule has 136 valence electrons. The van der Waals surface area contributed by atoms with Crippen molar-refractivity contribution in [2.45, 2.75) is 23.0 Å². The third-order valence-electron chi connectivity index (χ3n) is 4.95. The van der Waals surface area contributed by atoms with Gasteiger partial charge in [0.2, 0.25) is 0 Å². The van der Waals surface area contributed by atoms with Gasteiger partial charge in [0.15, 0.2) is 9.84 Å². The van der Waals surface area contributed by atoms with Crippen molar-refractivity contribution in [1.29, 1.82) is 0 Å². The van der Waals surface area contributed by atoms with E-state index in [4.69, 9.17) is 0 Å². The van der Waals surface area contributed by atoms with Crippen LogP contribution in [-0.4, -0.2) is 13.4 Å². The lowest BCUT2D eigenvalue weighted by atomic mass is 10.0. The normalized spacial score (nSPS) is 12.9. The number of H-pyrrole nitrogens is 1. The minimum Gasteiger partial charge on any atom is -0.361 e. The van der Waals surface area contributed by atoms with Gasteiger partial charge in [0, 0.05) is 17.1 Å². The second-order valence-electron chi connectivity index (χ2n) is 6.66. The van der Waals surface area contributed by atoms with Crippen molar-refractivity contribution in [1.82, 2.24) is 4.98 Å². The Morgan fingerprint density at radius 2 is 1.41 bits per heavy atom. The predicted octanol–water partition coefficient (Wildman–Crippen LogP) is 5.32. The lowest BCUT2D eigenvalue weighted by Crippen LogP contribution is -2.14. The number of aromatic nitrogens is 1. The summed E-state index contributed by atoms with van der Waals surface area (Å²) in [4.78, 5) is 3.59. The number of nitrogens with one attached hydrogen (secondary N) is 1. The fourth-order valence-electron chi connectivity index (χ4n) is 3.56. The van der Waals surface area contributed by atoms with E-state index in [1.165, 1.54) is 0 Å². The van der Waals surface area contributed by atoms with Crippen LogP contribution in [0.1, 0.15) is 22.8 Å². The average molecular weight is 375 g/mol.